The van der Waals surface area contributed by atoms with Gasteiger partial charge in [0.25, 0.3) is 0 Å². The van der Waals surface area contributed by atoms with E-state index in [4.69, 9.17) is 4.52 Å². The van der Waals surface area contributed by atoms with Crippen molar-refractivity contribution in [1.82, 2.24) is 10.1 Å². The lowest BCUT2D eigenvalue weighted by molar-refractivity contribution is 0.181. The van der Waals surface area contributed by atoms with E-state index < -0.39 is 6.10 Å². The Hall–Kier alpha value is -0.550. The minimum atomic E-state index is -0.419. The van der Waals surface area contributed by atoms with Gasteiger partial charge in [0.05, 0.1) is 12.5 Å². The maximum atomic E-state index is 9.20. The van der Waals surface area contributed by atoms with Gasteiger partial charge >= 0.3 is 0 Å². The van der Waals surface area contributed by atoms with E-state index in [1.54, 1.807) is 6.92 Å². The molecule has 1 fully saturated rings. The summed E-state index contributed by atoms with van der Waals surface area (Å²) in [6.45, 7) is 1.72. The van der Waals surface area contributed by atoms with Crippen molar-refractivity contribution in [3.8, 4) is 0 Å². The topological polar surface area (TPSA) is 59.2 Å². The highest BCUT2D eigenvalue weighted by Crippen LogP contribution is 2.27. The van der Waals surface area contributed by atoms with Gasteiger partial charge in [-0.25, -0.2) is 0 Å². The maximum Gasteiger partial charge on any atom is 0.229 e. The van der Waals surface area contributed by atoms with Crippen LogP contribution in [-0.2, 0) is 12.8 Å². The molecule has 90 valence electrons. The number of aliphatic hydroxyl groups excluding tert-OH is 1. The molecule has 1 aromatic rings. The van der Waals surface area contributed by atoms with E-state index in [2.05, 4.69) is 10.1 Å². The molecule has 1 N–H and O–H groups in total. The summed E-state index contributed by atoms with van der Waals surface area (Å²) in [5.74, 6) is 2.59. The fourth-order valence-corrected chi connectivity index (χ4v) is 3.19. The van der Waals surface area contributed by atoms with Gasteiger partial charge in [0.1, 0.15) is 0 Å². The summed E-state index contributed by atoms with van der Waals surface area (Å²) in [5.41, 5.74) is 0. The molecule has 0 aromatic carbocycles. The summed E-state index contributed by atoms with van der Waals surface area (Å²) < 4.78 is 5.09. The molecule has 1 aliphatic heterocycles. The Kier molecular flexibility index (Phi) is 4.23. The zero-order valence-corrected chi connectivity index (χ0v) is 10.4. The van der Waals surface area contributed by atoms with Crippen LogP contribution in [0.25, 0.3) is 0 Å². The van der Waals surface area contributed by atoms with Crippen molar-refractivity contribution in [2.45, 2.75) is 50.4 Å². The summed E-state index contributed by atoms with van der Waals surface area (Å²) in [7, 11) is 0. The standard InChI is InChI=1S/C11H18N2O2S/c1-8(14)6-11-12-10(13-15-11)7-9-4-2-3-5-16-9/h8-9,14H,2-7H2,1H3. The summed E-state index contributed by atoms with van der Waals surface area (Å²) in [5, 5.41) is 13.8. The van der Waals surface area contributed by atoms with Crippen molar-refractivity contribution in [3.63, 3.8) is 0 Å². The molecule has 5 heteroatoms. The van der Waals surface area contributed by atoms with Gasteiger partial charge in [-0.05, 0) is 25.5 Å². The fraction of sp³-hybridized carbons (Fsp3) is 0.818. The Morgan fingerprint density at radius 2 is 2.44 bits per heavy atom. The Labute approximate surface area is 99.8 Å². The second-order valence-corrected chi connectivity index (χ2v) is 5.76. The van der Waals surface area contributed by atoms with Crippen molar-refractivity contribution in [2.75, 3.05) is 5.75 Å². The first-order chi connectivity index (χ1) is 7.74. The normalized spacial score (nSPS) is 23.2. The highest BCUT2D eigenvalue weighted by molar-refractivity contribution is 7.99. The van der Waals surface area contributed by atoms with Crippen molar-refractivity contribution in [2.24, 2.45) is 0 Å². The quantitative estimate of drug-likeness (QED) is 0.872. The van der Waals surface area contributed by atoms with Gasteiger partial charge < -0.3 is 9.63 Å². The summed E-state index contributed by atoms with van der Waals surface area (Å²) in [4.78, 5) is 4.29. The van der Waals surface area contributed by atoms with E-state index >= 15 is 0 Å². The molecule has 2 unspecified atom stereocenters. The van der Waals surface area contributed by atoms with E-state index in [1.165, 1.54) is 25.0 Å². The predicted molar refractivity (Wildman–Crippen MR) is 63.5 cm³/mol. The molecule has 0 spiro atoms. The average molecular weight is 242 g/mol. The maximum absolute atomic E-state index is 9.20. The molecule has 0 amide bonds. The second kappa shape index (κ2) is 5.68. The molecule has 0 bridgehead atoms. The van der Waals surface area contributed by atoms with E-state index in [1.807, 2.05) is 11.8 Å². The molecular formula is C11H18N2O2S. The lowest BCUT2D eigenvalue weighted by Crippen LogP contribution is -2.13. The number of thioether (sulfide) groups is 1. The highest BCUT2D eigenvalue weighted by Gasteiger charge is 2.17. The highest BCUT2D eigenvalue weighted by atomic mass is 32.2. The lowest BCUT2D eigenvalue weighted by atomic mass is 10.1. The van der Waals surface area contributed by atoms with E-state index in [0.717, 1.165) is 12.2 Å². The van der Waals surface area contributed by atoms with Gasteiger partial charge in [0.2, 0.25) is 5.89 Å². The largest absolute Gasteiger partial charge is 0.393 e. The number of hydrogen-bond donors (Lipinski definition) is 1. The molecule has 16 heavy (non-hydrogen) atoms. The lowest BCUT2D eigenvalue weighted by Gasteiger charge is -2.19. The van der Waals surface area contributed by atoms with Gasteiger partial charge in [-0.3, -0.25) is 0 Å². The molecule has 1 saturated heterocycles. The minimum absolute atomic E-state index is 0.419. The van der Waals surface area contributed by atoms with Crippen LogP contribution in [0.1, 0.15) is 37.9 Å². The Morgan fingerprint density at radius 1 is 1.56 bits per heavy atom. The van der Waals surface area contributed by atoms with Crippen molar-refractivity contribution >= 4 is 11.8 Å². The van der Waals surface area contributed by atoms with Crippen molar-refractivity contribution in [1.29, 1.82) is 0 Å². The molecule has 2 atom stereocenters. The molecule has 0 aliphatic carbocycles. The van der Waals surface area contributed by atoms with Crippen LogP contribution < -0.4 is 0 Å². The number of aliphatic hydroxyl groups is 1. The zero-order chi connectivity index (χ0) is 11.4. The third-order valence-corrected chi connectivity index (χ3v) is 4.06. The molecule has 1 aromatic heterocycles. The van der Waals surface area contributed by atoms with Crippen molar-refractivity contribution < 1.29 is 9.63 Å². The molecule has 0 saturated carbocycles. The third-order valence-electron chi connectivity index (χ3n) is 2.66. The van der Waals surface area contributed by atoms with Crippen LogP contribution in [-0.4, -0.2) is 32.4 Å². The monoisotopic (exact) mass is 242 g/mol. The SMILES string of the molecule is CC(O)Cc1nc(CC2CCCCS2)no1. The van der Waals surface area contributed by atoms with Gasteiger partial charge in [-0.2, -0.15) is 16.7 Å². The summed E-state index contributed by atoms with van der Waals surface area (Å²) in [6, 6.07) is 0. The van der Waals surface area contributed by atoms with Crippen molar-refractivity contribution in [3.05, 3.63) is 11.7 Å². The van der Waals surface area contributed by atoms with Crippen LogP contribution in [0.3, 0.4) is 0 Å². The van der Waals surface area contributed by atoms with Gasteiger partial charge in [0.15, 0.2) is 5.82 Å². The first-order valence-electron chi connectivity index (χ1n) is 5.85. The molecule has 0 radical (unpaired) electrons. The minimum Gasteiger partial charge on any atom is -0.393 e. The number of hydrogen-bond acceptors (Lipinski definition) is 5. The predicted octanol–water partition coefficient (Wildman–Crippen LogP) is 1.82. The first kappa shape index (κ1) is 11.9. The zero-order valence-electron chi connectivity index (χ0n) is 9.56. The average Bonchev–Trinajstić information content (AvgIpc) is 2.66. The van der Waals surface area contributed by atoms with Gasteiger partial charge in [-0.1, -0.05) is 11.6 Å². The Balaban J connectivity index is 1.86. The molecule has 4 nitrogen and oxygen atoms in total. The Morgan fingerprint density at radius 3 is 3.12 bits per heavy atom. The van der Waals surface area contributed by atoms with Crippen LogP contribution in [0, 0.1) is 0 Å². The molecule has 1 aliphatic rings. The van der Waals surface area contributed by atoms with Crippen LogP contribution in [0.4, 0.5) is 0 Å². The fourth-order valence-electron chi connectivity index (χ4n) is 1.88. The Bertz CT molecular complexity index is 322. The van der Waals surface area contributed by atoms with E-state index in [0.29, 0.717) is 17.6 Å². The summed E-state index contributed by atoms with van der Waals surface area (Å²) in [6.07, 6.45) is 4.83. The van der Waals surface area contributed by atoms with E-state index in [9.17, 15) is 5.11 Å². The van der Waals surface area contributed by atoms with Gasteiger partial charge in [-0.15, -0.1) is 0 Å². The van der Waals surface area contributed by atoms with Crippen LogP contribution in [0.15, 0.2) is 4.52 Å². The number of nitrogens with zero attached hydrogens (tertiary/aromatic N) is 2. The molecular weight excluding hydrogens is 224 g/mol. The van der Waals surface area contributed by atoms with E-state index in [-0.39, 0.29) is 0 Å². The van der Waals surface area contributed by atoms with Crippen LogP contribution in [0.5, 0.6) is 0 Å². The summed E-state index contributed by atoms with van der Waals surface area (Å²) >= 11 is 2.01. The van der Waals surface area contributed by atoms with Crippen LogP contribution >= 0.6 is 11.8 Å². The first-order valence-corrected chi connectivity index (χ1v) is 6.90. The van der Waals surface area contributed by atoms with Crippen LogP contribution in [0.2, 0.25) is 0 Å². The molecule has 2 rings (SSSR count). The smallest absolute Gasteiger partial charge is 0.229 e. The second-order valence-electron chi connectivity index (χ2n) is 4.35. The van der Waals surface area contributed by atoms with Gasteiger partial charge in [0, 0.05) is 11.7 Å². The number of rotatable bonds is 4. The third kappa shape index (κ3) is 3.49. The number of aromatic nitrogens is 2. The molecule has 2 heterocycles.